The SMILES string of the molecule is O=c1cc(OCc2cccc(I)c2)oc2cc(-c3ccccc3)c(OCc3cccc(I)c3)c(O)c12. The van der Waals surface area contributed by atoms with Crippen LogP contribution in [0, 0.1) is 7.14 Å². The van der Waals surface area contributed by atoms with E-state index in [0.29, 0.717) is 5.56 Å². The number of benzene rings is 4. The largest absolute Gasteiger partial charge is 0.504 e. The van der Waals surface area contributed by atoms with E-state index in [9.17, 15) is 9.90 Å². The lowest BCUT2D eigenvalue weighted by Crippen LogP contribution is -2.05. The second kappa shape index (κ2) is 10.9. The highest BCUT2D eigenvalue weighted by Crippen LogP contribution is 2.43. The van der Waals surface area contributed by atoms with Crippen molar-refractivity contribution in [3.8, 4) is 28.6 Å². The Labute approximate surface area is 235 Å². The molecule has 1 heterocycles. The molecule has 0 amide bonds. The highest BCUT2D eigenvalue weighted by molar-refractivity contribution is 14.1. The Morgan fingerprint density at radius 2 is 1.39 bits per heavy atom. The van der Waals surface area contributed by atoms with Gasteiger partial charge in [0.05, 0.1) is 6.07 Å². The summed E-state index contributed by atoms with van der Waals surface area (Å²) in [5.74, 6) is 0.0552. The van der Waals surface area contributed by atoms with Gasteiger partial charge in [0.2, 0.25) is 5.43 Å². The first-order valence-corrected chi connectivity index (χ1v) is 13.3. The molecule has 1 aromatic heterocycles. The van der Waals surface area contributed by atoms with Crippen LogP contribution >= 0.6 is 45.2 Å². The van der Waals surface area contributed by atoms with Crippen LogP contribution in [0.3, 0.4) is 0 Å². The highest BCUT2D eigenvalue weighted by atomic mass is 127. The summed E-state index contributed by atoms with van der Waals surface area (Å²) < 4.78 is 20.0. The fourth-order valence-corrected chi connectivity index (χ4v) is 5.09. The summed E-state index contributed by atoms with van der Waals surface area (Å²) in [7, 11) is 0. The third-order valence-corrected chi connectivity index (χ3v) is 6.89. The average Bonchev–Trinajstić information content (AvgIpc) is 2.87. The monoisotopic (exact) mass is 702 g/mol. The smallest absolute Gasteiger partial charge is 0.289 e. The molecule has 0 aliphatic rings. The summed E-state index contributed by atoms with van der Waals surface area (Å²) in [5, 5.41) is 11.3. The molecule has 0 aliphatic carbocycles. The molecule has 0 atom stereocenters. The number of hydrogen-bond acceptors (Lipinski definition) is 5. The zero-order valence-electron chi connectivity index (χ0n) is 18.9. The van der Waals surface area contributed by atoms with E-state index in [2.05, 4.69) is 45.2 Å². The van der Waals surface area contributed by atoms with E-state index in [0.717, 1.165) is 23.8 Å². The Morgan fingerprint density at radius 3 is 2.03 bits per heavy atom. The fourth-order valence-electron chi connectivity index (χ4n) is 3.88. The predicted molar refractivity (Wildman–Crippen MR) is 157 cm³/mol. The summed E-state index contributed by atoms with van der Waals surface area (Å²) in [6, 6.07) is 28.3. The van der Waals surface area contributed by atoms with Crippen LogP contribution in [0.1, 0.15) is 11.1 Å². The molecule has 0 radical (unpaired) electrons. The Morgan fingerprint density at radius 1 is 0.750 bits per heavy atom. The molecule has 5 nitrogen and oxygen atoms in total. The maximum atomic E-state index is 13.0. The van der Waals surface area contributed by atoms with Gasteiger partial charge in [-0.2, -0.15) is 0 Å². The van der Waals surface area contributed by atoms with Crippen LogP contribution in [0.15, 0.2) is 100 Å². The number of phenols is 1. The number of fused-ring (bicyclic) bond motifs is 1. The number of ether oxygens (including phenoxy) is 2. The molecule has 180 valence electrons. The lowest BCUT2D eigenvalue weighted by atomic mass is 10.0. The Kier molecular flexibility index (Phi) is 7.47. The second-order valence-electron chi connectivity index (χ2n) is 8.11. The molecular formula is C29H20I2O5. The quantitative estimate of drug-likeness (QED) is 0.178. The van der Waals surface area contributed by atoms with Crippen molar-refractivity contribution in [2.45, 2.75) is 13.2 Å². The summed E-state index contributed by atoms with van der Waals surface area (Å²) >= 11 is 4.48. The van der Waals surface area contributed by atoms with Crippen LogP contribution in [-0.2, 0) is 13.2 Å². The molecule has 5 rings (SSSR count). The third kappa shape index (κ3) is 5.52. The van der Waals surface area contributed by atoms with Crippen LogP contribution in [0.5, 0.6) is 17.4 Å². The van der Waals surface area contributed by atoms with Crippen molar-refractivity contribution in [1.29, 1.82) is 0 Å². The van der Waals surface area contributed by atoms with Gasteiger partial charge in [0.25, 0.3) is 5.95 Å². The van der Waals surface area contributed by atoms with E-state index >= 15 is 0 Å². The van der Waals surface area contributed by atoms with E-state index in [1.807, 2.05) is 78.9 Å². The minimum Gasteiger partial charge on any atom is -0.504 e. The molecule has 0 aliphatic heterocycles. The fraction of sp³-hybridized carbons (Fsp3) is 0.0690. The molecule has 5 aromatic rings. The van der Waals surface area contributed by atoms with Gasteiger partial charge in [-0.05, 0) is 92.2 Å². The van der Waals surface area contributed by atoms with Crippen LogP contribution in [0.4, 0.5) is 0 Å². The molecule has 36 heavy (non-hydrogen) atoms. The van der Waals surface area contributed by atoms with Crippen molar-refractivity contribution in [2.24, 2.45) is 0 Å². The van der Waals surface area contributed by atoms with Crippen molar-refractivity contribution in [3.05, 3.63) is 119 Å². The van der Waals surface area contributed by atoms with Gasteiger partial charge in [0.1, 0.15) is 24.2 Å². The molecule has 1 N–H and O–H groups in total. The molecule has 0 fully saturated rings. The van der Waals surface area contributed by atoms with Crippen molar-refractivity contribution in [3.63, 3.8) is 0 Å². The number of hydrogen-bond donors (Lipinski definition) is 1. The number of halogens is 2. The maximum absolute atomic E-state index is 13.0. The van der Waals surface area contributed by atoms with E-state index in [1.54, 1.807) is 6.07 Å². The number of aromatic hydroxyl groups is 1. The maximum Gasteiger partial charge on any atom is 0.289 e. The minimum atomic E-state index is -0.412. The first-order valence-electron chi connectivity index (χ1n) is 11.1. The molecular weight excluding hydrogens is 682 g/mol. The lowest BCUT2D eigenvalue weighted by molar-refractivity contribution is 0.235. The molecule has 0 saturated heterocycles. The molecule has 0 saturated carbocycles. The van der Waals surface area contributed by atoms with E-state index in [-0.39, 0.29) is 41.6 Å². The van der Waals surface area contributed by atoms with Gasteiger partial charge in [0, 0.05) is 12.7 Å². The van der Waals surface area contributed by atoms with Gasteiger partial charge in [-0.25, -0.2) is 0 Å². The summed E-state index contributed by atoms with van der Waals surface area (Å²) in [6.45, 7) is 0.484. The molecule has 0 bridgehead atoms. The van der Waals surface area contributed by atoms with Crippen molar-refractivity contribution in [1.82, 2.24) is 0 Å². The van der Waals surface area contributed by atoms with Crippen molar-refractivity contribution >= 4 is 56.2 Å². The zero-order valence-corrected chi connectivity index (χ0v) is 23.2. The second-order valence-corrected chi connectivity index (χ2v) is 10.6. The van der Waals surface area contributed by atoms with Crippen LogP contribution in [0.25, 0.3) is 22.1 Å². The molecule has 4 aromatic carbocycles. The first kappa shape index (κ1) is 24.6. The molecule has 7 heteroatoms. The molecule has 0 unspecified atom stereocenters. The number of rotatable bonds is 7. The van der Waals surface area contributed by atoms with Crippen LogP contribution < -0.4 is 14.9 Å². The standard InChI is InChI=1S/C29H20I2O5/c30-21-10-4-6-18(12-21)16-34-26-15-24(32)27-25(36-26)14-23(20-8-2-1-3-9-20)29(28(27)33)35-17-19-7-5-11-22(31)13-19/h1-15,33H,16-17H2. The van der Waals surface area contributed by atoms with Crippen molar-refractivity contribution < 1.29 is 19.0 Å². The van der Waals surface area contributed by atoms with E-state index in [4.69, 9.17) is 13.9 Å². The van der Waals surface area contributed by atoms with Gasteiger partial charge in [-0.1, -0.05) is 54.6 Å². The normalized spacial score (nSPS) is 10.9. The van der Waals surface area contributed by atoms with Gasteiger partial charge in [-0.3, -0.25) is 4.79 Å². The average molecular weight is 702 g/mol. The highest BCUT2D eigenvalue weighted by Gasteiger charge is 2.21. The lowest BCUT2D eigenvalue weighted by Gasteiger charge is -2.16. The summed E-state index contributed by atoms with van der Waals surface area (Å²) in [5.41, 5.74) is 3.15. The van der Waals surface area contributed by atoms with Gasteiger partial charge < -0.3 is 19.0 Å². The van der Waals surface area contributed by atoms with E-state index in [1.165, 1.54) is 6.07 Å². The molecule has 0 spiro atoms. The predicted octanol–water partition coefficient (Wildman–Crippen LogP) is 7.53. The minimum absolute atomic E-state index is 0.0499. The van der Waals surface area contributed by atoms with Gasteiger partial charge in [-0.15, -0.1) is 0 Å². The van der Waals surface area contributed by atoms with Gasteiger partial charge in [0.15, 0.2) is 11.5 Å². The van der Waals surface area contributed by atoms with Crippen LogP contribution in [-0.4, -0.2) is 5.11 Å². The Balaban J connectivity index is 1.55. The number of phenolic OH excluding ortho intramolecular Hbond substituents is 1. The van der Waals surface area contributed by atoms with E-state index < -0.39 is 5.43 Å². The Bertz CT molecular complexity index is 1600. The van der Waals surface area contributed by atoms with Gasteiger partial charge >= 0.3 is 0 Å². The Hall–Kier alpha value is -3.05. The summed E-state index contributed by atoms with van der Waals surface area (Å²) in [4.78, 5) is 13.0. The third-order valence-electron chi connectivity index (χ3n) is 5.55. The topological polar surface area (TPSA) is 68.9 Å². The summed E-state index contributed by atoms with van der Waals surface area (Å²) in [6.07, 6.45) is 0. The van der Waals surface area contributed by atoms with Crippen molar-refractivity contribution in [2.75, 3.05) is 0 Å². The zero-order chi connectivity index (χ0) is 25.1. The van der Waals surface area contributed by atoms with Crippen LogP contribution in [0.2, 0.25) is 0 Å². The first-order chi connectivity index (χ1) is 17.5.